The maximum absolute atomic E-state index is 13.3. The smallest absolute Gasteiger partial charge is 0.355 e. The number of aromatic carboxylic acids is 1. The molecule has 6 rings (SSSR count). The third kappa shape index (κ3) is 11.0. The Morgan fingerprint density at radius 2 is 1.27 bits per heavy atom. The van der Waals surface area contributed by atoms with Crippen LogP contribution in [0.15, 0.2) is 123 Å². The van der Waals surface area contributed by atoms with E-state index in [1.807, 2.05) is 0 Å². The van der Waals surface area contributed by atoms with Crippen LogP contribution in [0.5, 0.6) is 17.2 Å². The van der Waals surface area contributed by atoms with Gasteiger partial charge in [-0.05, 0) is 48.5 Å². The van der Waals surface area contributed by atoms with Crippen molar-refractivity contribution in [1.29, 1.82) is 0 Å². The molecule has 8 N–H and O–H groups in total. The van der Waals surface area contributed by atoms with E-state index in [0.717, 1.165) is 66.7 Å². The first kappa shape index (κ1) is 51.1. The molecule has 5 aromatic carbocycles. The fourth-order valence-corrected chi connectivity index (χ4v) is 8.09. The minimum atomic E-state index is -5.58. The van der Waals surface area contributed by atoms with Gasteiger partial charge in [-0.15, -0.1) is 20.5 Å². The number of aliphatic hydroxyl groups excluding tert-OH is 2. The molecule has 33 heteroatoms. The van der Waals surface area contributed by atoms with Crippen LogP contribution in [0.1, 0.15) is 10.4 Å². The van der Waals surface area contributed by atoms with Crippen molar-refractivity contribution < 1.29 is 93.2 Å². The monoisotopic (exact) mass is 1030 g/mol. The van der Waals surface area contributed by atoms with Crippen molar-refractivity contribution in [3.63, 3.8) is 0 Å². The van der Waals surface area contributed by atoms with E-state index in [4.69, 9.17) is 9.47 Å². The van der Waals surface area contributed by atoms with Gasteiger partial charge in [-0.2, -0.15) is 45.6 Å². The highest BCUT2D eigenvalue weighted by molar-refractivity contribution is 7.86. The van der Waals surface area contributed by atoms with Crippen LogP contribution in [0.3, 0.4) is 0 Å². The second-order valence-electron chi connectivity index (χ2n) is 13.7. The van der Waals surface area contributed by atoms with Gasteiger partial charge in [-0.25, -0.2) is 9.59 Å². The molecule has 0 bridgehead atoms. The zero-order chi connectivity index (χ0) is 51.5. The Labute approximate surface area is 390 Å². The molecule has 30 nitrogen and oxygen atoms in total. The number of rotatable bonds is 19. The number of nitro groups is 1. The minimum absolute atomic E-state index is 0.221. The number of hydrogen-bond donors (Lipinski definition) is 8. The molecule has 0 spiro atoms. The number of azo groups is 3. The molecule has 5 aromatic rings. The highest BCUT2D eigenvalue weighted by Crippen LogP contribution is 2.47. The molecule has 1 aliphatic rings. The Hall–Kier alpha value is -8.31. The van der Waals surface area contributed by atoms with Crippen molar-refractivity contribution in [2.75, 3.05) is 31.4 Å². The highest BCUT2D eigenvalue weighted by atomic mass is 32.2. The van der Waals surface area contributed by atoms with Gasteiger partial charge in [0, 0.05) is 35.0 Å². The fraction of sp³-hybridized carbons (Fsp3) is 0.135. The molecule has 0 radical (unpaired) electrons. The molecule has 366 valence electrons. The number of benzene rings is 5. The van der Waals surface area contributed by atoms with Crippen molar-refractivity contribution in [3.05, 3.63) is 88.5 Å². The third-order valence-corrected chi connectivity index (χ3v) is 11.9. The summed E-state index contributed by atoms with van der Waals surface area (Å²) in [7, 11) is -15.8. The average Bonchev–Trinajstić information content (AvgIpc) is 3.62. The Morgan fingerprint density at radius 1 is 0.700 bits per heavy atom. The van der Waals surface area contributed by atoms with Gasteiger partial charge in [-0.1, -0.05) is 0 Å². The molecule has 1 unspecified atom stereocenters. The zero-order valence-electron chi connectivity index (χ0n) is 34.5. The van der Waals surface area contributed by atoms with Crippen molar-refractivity contribution in [2.45, 2.75) is 20.7 Å². The standard InChI is InChI=1S/C37H29N9O21S3/c47-9-11-66-27-16-26(28(67-12-10-48)15-25(27)40-38-23-7-3-18(46(55)56)13-22(23)36(51)52)41-42-30-29(69(60,61)62)14-21-20(33(30)49)6-8-24(34(21)70(63,64)65)39-43-31-32(37(53)54)44-45(35(31)50)17-1-4-19(5-2-17)68(57,58)59/h1-8,13-16,31,47-49H,9-12H2,(H,51,52)(H,53,54)(H,57,58,59)(H,60,61,62)(H,63,64,65). The number of carboxylic acid groups (broad SMARTS) is 2. The van der Waals surface area contributed by atoms with Crippen LogP contribution in [0.25, 0.3) is 10.8 Å². The van der Waals surface area contributed by atoms with E-state index in [1.165, 1.54) is 0 Å². The molecule has 0 aromatic heterocycles. The molecule has 0 saturated carbocycles. The van der Waals surface area contributed by atoms with Gasteiger partial charge >= 0.3 is 11.9 Å². The van der Waals surface area contributed by atoms with Gasteiger partial charge in [0.2, 0.25) is 6.04 Å². The molecular formula is C37H29N9O21S3. The number of amides is 1. The fourth-order valence-electron chi connectivity index (χ4n) is 6.14. The highest BCUT2D eigenvalue weighted by Gasteiger charge is 2.41. The molecular weight excluding hydrogens is 1000 g/mol. The number of phenolic OH excluding ortho intramolecular Hbond substituents is 1. The molecule has 1 heterocycles. The number of nitro benzene ring substituents is 1. The SMILES string of the molecule is O=C(O)C1=NN(c2ccc(S(=O)(=O)O)cc2)C(=O)C1N=Nc1ccc2c(O)c(N=Nc3cc(OCCO)c(N=Nc4ccc([N+](=O)[O-])cc4C(=O)O)cc3OCCO)c(S(=O)(=O)O)cc2c1S(=O)(=O)O. The van der Waals surface area contributed by atoms with Crippen LogP contribution in [0.4, 0.5) is 39.8 Å². The summed E-state index contributed by atoms with van der Waals surface area (Å²) in [6.45, 7) is -2.09. The van der Waals surface area contributed by atoms with Crippen LogP contribution >= 0.6 is 0 Å². The van der Waals surface area contributed by atoms with Gasteiger partial charge in [0.15, 0.2) is 11.5 Å². The number of hydrazone groups is 1. The van der Waals surface area contributed by atoms with E-state index < -0.39 is 151 Å². The van der Waals surface area contributed by atoms with Crippen LogP contribution < -0.4 is 14.5 Å². The molecule has 1 amide bonds. The van der Waals surface area contributed by atoms with Gasteiger partial charge < -0.3 is 35.0 Å². The van der Waals surface area contributed by atoms with Gasteiger partial charge in [0.1, 0.15) is 62.9 Å². The number of fused-ring (bicyclic) bond motifs is 1. The lowest BCUT2D eigenvalue weighted by Gasteiger charge is -2.14. The Balaban J connectivity index is 1.45. The Morgan fingerprint density at radius 3 is 1.79 bits per heavy atom. The predicted octanol–water partition coefficient (Wildman–Crippen LogP) is 4.40. The summed E-state index contributed by atoms with van der Waals surface area (Å²) in [6.07, 6.45) is 0. The van der Waals surface area contributed by atoms with Crippen molar-refractivity contribution in [1.82, 2.24) is 0 Å². The molecule has 1 aliphatic heterocycles. The number of hydrogen-bond acceptors (Lipinski definition) is 23. The van der Waals surface area contributed by atoms with E-state index >= 15 is 0 Å². The molecule has 70 heavy (non-hydrogen) atoms. The number of non-ortho nitro benzene ring substituents is 1. The number of aliphatic carboxylic acids is 1. The first-order valence-corrected chi connectivity index (χ1v) is 23.1. The van der Waals surface area contributed by atoms with Gasteiger partial charge in [-0.3, -0.25) is 28.6 Å². The Kier molecular flexibility index (Phi) is 14.7. The molecule has 0 saturated heterocycles. The number of carboxylic acids is 2. The summed E-state index contributed by atoms with van der Waals surface area (Å²) in [6, 6.07) is 8.29. The lowest BCUT2D eigenvalue weighted by Crippen LogP contribution is -2.33. The van der Waals surface area contributed by atoms with Crippen LogP contribution in [0.2, 0.25) is 0 Å². The lowest BCUT2D eigenvalue weighted by molar-refractivity contribution is -0.384. The first-order chi connectivity index (χ1) is 32.8. The topological polar surface area (TPSA) is 467 Å². The second-order valence-corrected chi connectivity index (χ2v) is 17.8. The summed E-state index contributed by atoms with van der Waals surface area (Å²) in [4.78, 5) is 44.4. The number of carbonyl (C=O) groups is 3. The number of aromatic hydroxyl groups is 1. The normalized spacial score (nSPS) is 14.5. The minimum Gasteiger partial charge on any atom is -0.505 e. The summed E-state index contributed by atoms with van der Waals surface area (Å²) < 4.78 is 115. The largest absolute Gasteiger partial charge is 0.505 e. The number of nitrogens with zero attached hydrogens (tertiary/aromatic N) is 9. The number of ether oxygens (including phenoxy) is 2. The summed E-state index contributed by atoms with van der Waals surface area (Å²) in [5.74, 6) is -6.54. The number of aliphatic hydroxyl groups is 2. The van der Waals surface area contributed by atoms with Crippen molar-refractivity contribution in [3.8, 4) is 17.2 Å². The van der Waals surface area contributed by atoms with E-state index in [1.54, 1.807) is 0 Å². The van der Waals surface area contributed by atoms with E-state index in [2.05, 4.69) is 35.8 Å². The average molecular weight is 1030 g/mol. The molecule has 1 atom stereocenters. The lowest BCUT2D eigenvalue weighted by atomic mass is 10.1. The van der Waals surface area contributed by atoms with Crippen LogP contribution in [-0.4, -0.2) is 125 Å². The van der Waals surface area contributed by atoms with E-state index in [-0.39, 0.29) is 28.6 Å². The van der Waals surface area contributed by atoms with Crippen molar-refractivity contribution >= 4 is 104 Å². The second kappa shape index (κ2) is 20.1. The summed E-state index contributed by atoms with van der Waals surface area (Å²) >= 11 is 0. The zero-order valence-corrected chi connectivity index (χ0v) is 36.9. The van der Waals surface area contributed by atoms with Crippen LogP contribution in [0, 0.1) is 10.1 Å². The third-order valence-electron chi connectivity index (χ3n) is 9.17. The van der Waals surface area contributed by atoms with Gasteiger partial charge in [0.25, 0.3) is 41.9 Å². The quantitative estimate of drug-likeness (QED) is 0.0246. The number of phenols is 1. The predicted molar refractivity (Wildman–Crippen MR) is 232 cm³/mol. The number of anilines is 1. The summed E-state index contributed by atoms with van der Waals surface area (Å²) in [5, 5.41) is 86.3. The molecule has 0 fully saturated rings. The molecule has 0 aliphatic carbocycles. The van der Waals surface area contributed by atoms with E-state index in [0.29, 0.717) is 11.1 Å². The van der Waals surface area contributed by atoms with Gasteiger partial charge in [0.05, 0.1) is 34.3 Å². The maximum Gasteiger partial charge on any atom is 0.355 e. The number of carbonyl (C=O) groups excluding carboxylic acids is 1. The first-order valence-electron chi connectivity index (χ1n) is 18.8. The van der Waals surface area contributed by atoms with Crippen molar-refractivity contribution in [2.24, 2.45) is 35.8 Å². The Bertz CT molecular complexity index is 3480. The summed E-state index contributed by atoms with van der Waals surface area (Å²) in [5.41, 5.74) is -5.46. The maximum atomic E-state index is 13.3. The van der Waals surface area contributed by atoms with E-state index in [9.17, 15) is 88.9 Å². The van der Waals surface area contributed by atoms with Crippen LogP contribution in [-0.2, 0) is 39.9 Å².